The molecule has 0 saturated carbocycles. The second-order valence-corrected chi connectivity index (χ2v) is 7.60. The zero-order valence-corrected chi connectivity index (χ0v) is 17.7. The SMILES string of the molecule is Cc1c(C(=O)NCCCn2ccnc2)oc2c1/C(=N/NC(=O)c1ccccc1F)CCC2. The monoisotopic (exact) mass is 437 g/mol. The lowest BCUT2D eigenvalue weighted by atomic mass is 9.93. The Kier molecular flexibility index (Phi) is 6.44. The molecule has 0 bridgehead atoms. The van der Waals surface area contributed by atoms with Gasteiger partial charge in [-0.05, 0) is 38.3 Å². The van der Waals surface area contributed by atoms with Gasteiger partial charge in [0.2, 0.25) is 0 Å². The van der Waals surface area contributed by atoms with Crippen molar-refractivity contribution in [1.29, 1.82) is 0 Å². The molecule has 8 nitrogen and oxygen atoms in total. The van der Waals surface area contributed by atoms with Crippen LogP contribution in [-0.2, 0) is 13.0 Å². The molecule has 0 unspecified atom stereocenters. The van der Waals surface area contributed by atoms with Gasteiger partial charge in [-0.2, -0.15) is 5.10 Å². The van der Waals surface area contributed by atoms with Crippen LogP contribution in [0.5, 0.6) is 0 Å². The first-order chi connectivity index (χ1) is 15.5. The molecule has 0 fully saturated rings. The first-order valence-electron chi connectivity index (χ1n) is 10.5. The molecule has 2 amide bonds. The maximum Gasteiger partial charge on any atom is 0.287 e. The maximum atomic E-state index is 13.8. The van der Waals surface area contributed by atoms with Crippen LogP contribution in [0.4, 0.5) is 4.39 Å². The highest BCUT2D eigenvalue weighted by atomic mass is 19.1. The first kappa shape index (κ1) is 21.5. The Morgan fingerprint density at radius 3 is 2.88 bits per heavy atom. The van der Waals surface area contributed by atoms with Crippen LogP contribution < -0.4 is 10.7 Å². The van der Waals surface area contributed by atoms with Gasteiger partial charge in [0.1, 0.15) is 11.6 Å². The predicted octanol–water partition coefficient (Wildman–Crippen LogP) is 3.21. The minimum Gasteiger partial charge on any atom is -0.455 e. The quantitative estimate of drug-likeness (QED) is 0.438. The van der Waals surface area contributed by atoms with Crippen molar-refractivity contribution in [3.05, 3.63) is 77.0 Å². The molecule has 0 spiro atoms. The molecule has 1 aliphatic rings. The molecular weight excluding hydrogens is 413 g/mol. The van der Waals surface area contributed by atoms with Crippen molar-refractivity contribution in [2.75, 3.05) is 6.54 Å². The number of hydrogen-bond donors (Lipinski definition) is 2. The van der Waals surface area contributed by atoms with Gasteiger partial charge in [-0.3, -0.25) is 9.59 Å². The number of carbonyl (C=O) groups excluding carboxylic acids is 2. The van der Waals surface area contributed by atoms with E-state index in [0.717, 1.165) is 24.9 Å². The third-order valence-corrected chi connectivity index (χ3v) is 5.38. The van der Waals surface area contributed by atoms with Crippen LogP contribution >= 0.6 is 0 Å². The Bertz CT molecular complexity index is 1150. The Morgan fingerprint density at radius 2 is 2.09 bits per heavy atom. The third kappa shape index (κ3) is 4.61. The van der Waals surface area contributed by atoms with Crippen LogP contribution in [0.3, 0.4) is 0 Å². The maximum absolute atomic E-state index is 13.8. The topological polar surface area (TPSA) is 102 Å². The highest BCUT2D eigenvalue weighted by Gasteiger charge is 2.28. The van der Waals surface area contributed by atoms with Crippen molar-refractivity contribution in [3.8, 4) is 0 Å². The number of fused-ring (bicyclic) bond motifs is 1. The first-order valence-corrected chi connectivity index (χ1v) is 10.5. The van der Waals surface area contributed by atoms with Crippen LogP contribution in [0.25, 0.3) is 0 Å². The van der Waals surface area contributed by atoms with E-state index in [4.69, 9.17) is 4.42 Å². The minimum absolute atomic E-state index is 0.0763. The third-order valence-electron chi connectivity index (χ3n) is 5.38. The number of benzene rings is 1. The molecule has 0 aliphatic heterocycles. The second kappa shape index (κ2) is 9.59. The normalized spacial score (nSPS) is 14.2. The minimum atomic E-state index is -0.625. The summed E-state index contributed by atoms with van der Waals surface area (Å²) in [5.41, 5.74) is 4.41. The van der Waals surface area contributed by atoms with Gasteiger partial charge in [0.25, 0.3) is 11.8 Å². The Hall–Kier alpha value is -3.75. The average molecular weight is 437 g/mol. The van der Waals surface area contributed by atoms with E-state index in [1.165, 1.54) is 18.2 Å². The van der Waals surface area contributed by atoms with E-state index < -0.39 is 11.7 Å². The highest BCUT2D eigenvalue weighted by molar-refractivity contribution is 6.07. The number of furan rings is 1. The van der Waals surface area contributed by atoms with Crippen molar-refractivity contribution in [1.82, 2.24) is 20.3 Å². The van der Waals surface area contributed by atoms with E-state index in [9.17, 15) is 14.0 Å². The van der Waals surface area contributed by atoms with Gasteiger partial charge in [-0.1, -0.05) is 12.1 Å². The number of nitrogens with one attached hydrogen (secondary N) is 2. The number of aryl methyl sites for hydroxylation is 2. The van der Waals surface area contributed by atoms with Gasteiger partial charge in [-0.15, -0.1) is 0 Å². The molecular formula is C23H24FN5O3. The summed E-state index contributed by atoms with van der Waals surface area (Å²) in [4.78, 5) is 29.0. The Morgan fingerprint density at radius 1 is 1.25 bits per heavy atom. The second-order valence-electron chi connectivity index (χ2n) is 7.60. The lowest BCUT2D eigenvalue weighted by Crippen LogP contribution is -2.25. The van der Waals surface area contributed by atoms with Gasteiger partial charge in [0.15, 0.2) is 5.76 Å². The fourth-order valence-electron chi connectivity index (χ4n) is 3.78. The Labute approximate surface area is 184 Å². The van der Waals surface area contributed by atoms with E-state index in [2.05, 4.69) is 20.8 Å². The number of carbonyl (C=O) groups is 2. The Balaban J connectivity index is 1.43. The number of hydrogen-bond acceptors (Lipinski definition) is 5. The highest BCUT2D eigenvalue weighted by Crippen LogP contribution is 2.29. The fourth-order valence-corrected chi connectivity index (χ4v) is 3.78. The summed E-state index contributed by atoms with van der Waals surface area (Å²) in [6.45, 7) is 3.07. The zero-order chi connectivity index (χ0) is 22.5. The summed E-state index contributed by atoms with van der Waals surface area (Å²) in [7, 11) is 0. The average Bonchev–Trinajstić information content (AvgIpc) is 3.43. The van der Waals surface area contributed by atoms with Crippen LogP contribution in [0.2, 0.25) is 0 Å². The molecule has 9 heteroatoms. The van der Waals surface area contributed by atoms with E-state index in [-0.39, 0.29) is 17.2 Å². The molecule has 1 aromatic carbocycles. The summed E-state index contributed by atoms with van der Waals surface area (Å²) in [6.07, 6.45) is 8.17. The molecule has 166 valence electrons. The van der Waals surface area contributed by atoms with E-state index in [0.29, 0.717) is 36.4 Å². The molecule has 2 N–H and O–H groups in total. The van der Waals surface area contributed by atoms with Crippen LogP contribution in [0, 0.1) is 12.7 Å². The molecule has 0 radical (unpaired) electrons. The van der Waals surface area contributed by atoms with Gasteiger partial charge in [0, 0.05) is 43.0 Å². The van der Waals surface area contributed by atoms with Gasteiger partial charge < -0.3 is 14.3 Å². The summed E-state index contributed by atoms with van der Waals surface area (Å²) in [5.74, 6) is -0.582. The number of aromatic nitrogens is 2. The molecule has 32 heavy (non-hydrogen) atoms. The number of rotatable bonds is 7. The number of imidazole rings is 1. The number of halogens is 1. The summed E-state index contributed by atoms with van der Waals surface area (Å²) in [6, 6.07) is 5.73. The predicted molar refractivity (Wildman–Crippen MR) is 116 cm³/mol. The van der Waals surface area contributed by atoms with E-state index in [1.807, 2.05) is 17.7 Å². The van der Waals surface area contributed by atoms with Crippen LogP contribution in [-0.4, -0.2) is 33.6 Å². The van der Waals surface area contributed by atoms with Gasteiger partial charge >= 0.3 is 0 Å². The number of amides is 2. The van der Waals surface area contributed by atoms with Crippen molar-refractivity contribution < 1.29 is 18.4 Å². The van der Waals surface area contributed by atoms with Crippen molar-refractivity contribution in [2.24, 2.45) is 5.10 Å². The molecule has 4 rings (SSSR count). The summed E-state index contributed by atoms with van der Waals surface area (Å²) < 4.78 is 21.6. The van der Waals surface area contributed by atoms with E-state index in [1.54, 1.807) is 18.6 Å². The summed E-state index contributed by atoms with van der Waals surface area (Å²) in [5, 5.41) is 7.12. The standard InChI is InChI=1S/C23H24FN5O3/c1-15-20-18(27-28-22(30)16-6-2-3-7-17(16)24)8-4-9-19(20)32-21(15)23(31)26-10-5-12-29-13-11-25-14-29/h2-3,6-7,11,13-14H,4-5,8-10,12H2,1H3,(H,26,31)(H,28,30)/b27-18+. The van der Waals surface area contributed by atoms with Crippen LogP contribution in [0.15, 0.2) is 52.5 Å². The van der Waals surface area contributed by atoms with Crippen LogP contribution in [0.1, 0.15) is 57.1 Å². The zero-order valence-electron chi connectivity index (χ0n) is 17.7. The summed E-state index contributed by atoms with van der Waals surface area (Å²) >= 11 is 0. The van der Waals surface area contributed by atoms with Crippen molar-refractivity contribution >= 4 is 17.5 Å². The van der Waals surface area contributed by atoms with E-state index >= 15 is 0 Å². The number of hydrazone groups is 1. The molecule has 3 aromatic rings. The van der Waals surface area contributed by atoms with Crippen molar-refractivity contribution in [2.45, 2.75) is 39.2 Å². The largest absolute Gasteiger partial charge is 0.455 e. The molecule has 0 atom stereocenters. The lowest BCUT2D eigenvalue weighted by Gasteiger charge is -2.13. The molecule has 2 heterocycles. The molecule has 1 aliphatic carbocycles. The number of nitrogens with zero attached hydrogens (tertiary/aromatic N) is 3. The fraction of sp³-hybridized carbons (Fsp3) is 0.304. The molecule has 0 saturated heterocycles. The van der Waals surface area contributed by atoms with Crippen molar-refractivity contribution in [3.63, 3.8) is 0 Å². The van der Waals surface area contributed by atoms with Gasteiger partial charge in [-0.25, -0.2) is 14.8 Å². The smallest absolute Gasteiger partial charge is 0.287 e. The van der Waals surface area contributed by atoms with Gasteiger partial charge in [0.05, 0.1) is 17.6 Å². The molecule has 2 aromatic heterocycles. The lowest BCUT2D eigenvalue weighted by molar-refractivity contribution is 0.0920.